The molecule has 0 N–H and O–H groups in total. The van der Waals surface area contributed by atoms with Crippen molar-refractivity contribution >= 4 is 32.3 Å². The summed E-state index contributed by atoms with van der Waals surface area (Å²) in [5.41, 5.74) is 1.65. The minimum Gasteiger partial charge on any atom is -0.370 e. The van der Waals surface area contributed by atoms with E-state index in [0.717, 1.165) is 5.56 Å². The van der Waals surface area contributed by atoms with Gasteiger partial charge in [-0.15, -0.1) is 0 Å². The van der Waals surface area contributed by atoms with Crippen molar-refractivity contribution in [2.75, 3.05) is 42.6 Å². The van der Waals surface area contributed by atoms with Crippen LogP contribution < -0.4 is 4.90 Å². The van der Waals surface area contributed by atoms with Gasteiger partial charge < -0.3 is 9.80 Å². The van der Waals surface area contributed by atoms with E-state index in [4.69, 9.17) is 0 Å². The molecule has 3 saturated heterocycles. The van der Waals surface area contributed by atoms with E-state index in [1.807, 2.05) is 30.3 Å². The van der Waals surface area contributed by atoms with Crippen LogP contribution >= 0.6 is 0 Å². The van der Waals surface area contributed by atoms with Gasteiger partial charge in [-0.1, -0.05) is 30.3 Å². The average molecular weight is 505 g/mol. The molecule has 0 bridgehead atoms. The maximum absolute atomic E-state index is 14.3. The van der Waals surface area contributed by atoms with Gasteiger partial charge in [-0.25, -0.2) is 12.8 Å². The fraction of sp³-hybridized carbons (Fsp3) is 0.370. The smallest absolute Gasteiger partial charge is 0.257 e. The highest BCUT2D eigenvalue weighted by Crippen LogP contribution is 2.44. The standard InChI is InChI=1S/C27H25FN4O3S/c28-20-6-7-23-21(12-20)24(31-10-8-27(14-29,9-11-31)19-4-2-1-3-5-19)22(13-30-23)25(33)32-15-26(16-32)17-36(34,35)18-26/h1-7,12-13H,8-11,15-18H2. The predicted octanol–water partition coefficient (Wildman–Crippen LogP) is 3.31. The Morgan fingerprint density at radius 1 is 1.06 bits per heavy atom. The number of piperidine rings is 1. The first-order chi connectivity index (χ1) is 17.2. The molecule has 0 aliphatic carbocycles. The Morgan fingerprint density at radius 2 is 1.75 bits per heavy atom. The third-order valence-corrected chi connectivity index (χ3v) is 10.0. The zero-order chi connectivity index (χ0) is 25.1. The zero-order valence-electron chi connectivity index (χ0n) is 19.7. The van der Waals surface area contributed by atoms with Crippen molar-refractivity contribution in [1.29, 1.82) is 5.26 Å². The van der Waals surface area contributed by atoms with Crippen LogP contribution in [0.1, 0.15) is 28.8 Å². The van der Waals surface area contributed by atoms with Gasteiger partial charge in [0.2, 0.25) is 0 Å². The number of aromatic nitrogens is 1. The topological polar surface area (TPSA) is 94.4 Å². The number of hydrogen-bond acceptors (Lipinski definition) is 6. The number of anilines is 1. The highest BCUT2D eigenvalue weighted by Gasteiger charge is 2.57. The van der Waals surface area contributed by atoms with Crippen molar-refractivity contribution in [2.24, 2.45) is 5.41 Å². The monoisotopic (exact) mass is 504 g/mol. The number of rotatable bonds is 3. The summed E-state index contributed by atoms with van der Waals surface area (Å²) >= 11 is 0. The molecule has 3 aromatic rings. The fourth-order valence-electron chi connectivity index (χ4n) is 6.13. The van der Waals surface area contributed by atoms with Gasteiger partial charge in [0.05, 0.1) is 39.8 Å². The van der Waals surface area contributed by atoms with Crippen LogP contribution in [-0.4, -0.2) is 61.9 Å². The van der Waals surface area contributed by atoms with Crippen LogP contribution in [0.3, 0.4) is 0 Å². The molecule has 2 aromatic carbocycles. The van der Waals surface area contributed by atoms with Gasteiger partial charge in [0, 0.05) is 43.2 Å². The molecule has 36 heavy (non-hydrogen) atoms. The summed E-state index contributed by atoms with van der Waals surface area (Å²) in [6.45, 7) is 1.86. The molecule has 3 aliphatic rings. The molecule has 4 heterocycles. The van der Waals surface area contributed by atoms with Gasteiger partial charge in [-0.3, -0.25) is 9.78 Å². The average Bonchev–Trinajstić information content (AvgIpc) is 2.85. The molecule has 1 spiro atoms. The molecule has 1 amide bonds. The number of pyridine rings is 1. The Balaban J connectivity index is 1.33. The SMILES string of the molecule is N#CC1(c2ccccc2)CCN(c2c(C(=O)N3CC4(C3)CS(=O)(=O)C4)cnc3ccc(F)cc23)CC1. The third-order valence-electron chi connectivity index (χ3n) is 7.90. The van der Waals surface area contributed by atoms with Gasteiger partial charge in [-0.05, 0) is 36.6 Å². The molecule has 1 aromatic heterocycles. The van der Waals surface area contributed by atoms with E-state index < -0.39 is 21.1 Å². The summed E-state index contributed by atoms with van der Waals surface area (Å²) in [5, 5.41) is 10.7. The fourth-order valence-corrected chi connectivity index (χ4v) is 8.28. The van der Waals surface area contributed by atoms with Crippen molar-refractivity contribution < 1.29 is 17.6 Å². The Bertz CT molecular complexity index is 1510. The van der Waals surface area contributed by atoms with E-state index in [9.17, 15) is 22.9 Å². The summed E-state index contributed by atoms with van der Waals surface area (Å²) in [6, 6.07) is 16.6. The zero-order valence-corrected chi connectivity index (χ0v) is 20.5. The number of sulfone groups is 1. The van der Waals surface area contributed by atoms with E-state index in [1.165, 1.54) is 12.1 Å². The lowest BCUT2D eigenvalue weighted by atomic mass is 9.74. The van der Waals surface area contributed by atoms with E-state index in [-0.39, 0.29) is 22.8 Å². The molecule has 0 atom stereocenters. The molecule has 9 heteroatoms. The Morgan fingerprint density at radius 3 is 2.39 bits per heavy atom. The van der Waals surface area contributed by atoms with Crippen molar-refractivity contribution in [3.8, 4) is 6.07 Å². The first kappa shape index (κ1) is 22.9. The molecular weight excluding hydrogens is 479 g/mol. The quantitative estimate of drug-likeness (QED) is 0.543. The minimum absolute atomic E-state index is 0.125. The number of halogens is 1. The number of benzene rings is 2. The van der Waals surface area contributed by atoms with E-state index in [0.29, 0.717) is 61.2 Å². The molecule has 3 aliphatic heterocycles. The Kier molecular flexibility index (Phi) is 5.09. The van der Waals surface area contributed by atoms with Crippen LogP contribution in [0.25, 0.3) is 10.9 Å². The van der Waals surface area contributed by atoms with Crippen LogP contribution in [0.2, 0.25) is 0 Å². The lowest BCUT2D eigenvalue weighted by Crippen LogP contribution is -2.69. The lowest BCUT2D eigenvalue weighted by molar-refractivity contribution is 0.0202. The second-order valence-electron chi connectivity index (χ2n) is 10.4. The molecule has 6 rings (SSSR count). The molecule has 3 fully saturated rings. The molecule has 0 unspecified atom stereocenters. The molecule has 0 radical (unpaired) electrons. The van der Waals surface area contributed by atoms with Crippen LogP contribution in [0.15, 0.2) is 54.7 Å². The highest BCUT2D eigenvalue weighted by atomic mass is 32.2. The Hall–Kier alpha value is -3.51. The molecule has 0 saturated carbocycles. The van der Waals surface area contributed by atoms with Gasteiger partial charge >= 0.3 is 0 Å². The largest absolute Gasteiger partial charge is 0.370 e. The number of amides is 1. The normalized spacial score (nSPS) is 21.4. The lowest BCUT2D eigenvalue weighted by Gasteiger charge is -2.54. The molecule has 7 nitrogen and oxygen atoms in total. The van der Waals surface area contributed by atoms with Crippen molar-refractivity contribution in [1.82, 2.24) is 9.88 Å². The number of carbonyl (C=O) groups excluding carboxylic acids is 1. The van der Waals surface area contributed by atoms with Crippen LogP contribution in [0.4, 0.5) is 10.1 Å². The second kappa shape index (κ2) is 8.00. The van der Waals surface area contributed by atoms with Crippen LogP contribution in [0, 0.1) is 22.6 Å². The first-order valence-corrected chi connectivity index (χ1v) is 13.9. The van der Waals surface area contributed by atoms with Crippen LogP contribution in [-0.2, 0) is 15.3 Å². The number of likely N-dealkylation sites (tertiary alicyclic amines) is 1. The summed E-state index contributed by atoms with van der Waals surface area (Å²) in [6.07, 6.45) is 2.69. The van der Waals surface area contributed by atoms with E-state index in [1.54, 1.807) is 17.2 Å². The maximum atomic E-state index is 14.3. The summed E-state index contributed by atoms with van der Waals surface area (Å²) in [5.74, 6) is -0.386. The van der Waals surface area contributed by atoms with Gasteiger partial charge in [0.1, 0.15) is 5.82 Å². The van der Waals surface area contributed by atoms with Crippen molar-refractivity contribution in [3.05, 3.63) is 71.7 Å². The van der Waals surface area contributed by atoms with Crippen molar-refractivity contribution in [2.45, 2.75) is 18.3 Å². The number of carbonyl (C=O) groups is 1. The Labute approximate surface area is 209 Å². The van der Waals surface area contributed by atoms with E-state index >= 15 is 0 Å². The second-order valence-corrected chi connectivity index (χ2v) is 12.5. The van der Waals surface area contributed by atoms with Gasteiger partial charge in [0.25, 0.3) is 5.91 Å². The summed E-state index contributed by atoms with van der Waals surface area (Å²) in [7, 11) is -2.99. The summed E-state index contributed by atoms with van der Waals surface area (Å²) < 4.78 is 37.7. The number of nitrogens with zero attached hydrogens (tertiary/aromatic N) is 4. The van der Waals surface area contributed by atoms with Crippen molar-refractivity contribution in [3.63, 3.8) is 0 Å². The molecular formula is C27H25FN4O3S. The minimum atomic E-state index is -2.99. The first-order valence-electron chi connectivity index (χ1n) is 12.0. The maximum Gasteiger partial charge on any atom is 0.257 e. The number of nitriles is 1. The van der Waals surface area contributed by atoms with E-state index in [2.05, 4.69) is 16.0 Å². The predicted molar refractivity (Wildman–Crippen MR) is 134 cm³/mol. The highest BCUT2D eigenvalue weighted by molar-refractivity contribution is 7.92. The van der Waals surface area contributed by atoms with Crippen LogP contribution in [0.5, 0.6) is 0 Å². The molecule has 184 valence electrons. The number of hydrogen-bond donors (Lipinski definition) is 0. The van der Waals surface area contributed by atoms with Gasteiger partial charge in [0.15, 0.2) is 9.84 Å². The number of fused-ring (bicyclic) bond motifs is 1. The summed E-state index contributed by atoms with van der Waals surface area (Å²) in [4.78, 5) is 21.7. The van der Waals surface area contributed by atoms with Gasteiger partial charge in [-0.2, -0.15) is 5.26 Å². The third kappa shape index (κ3) is 3.63.